The Bertz CT molecular complexity index is 1020. The number of nitrogens with zero attached hydrogens (tertiary/aromatic N) is 1. The predicted molar refractivity (Wildman–Crippen MR) is 116 cm³/mol. The fraction of sp³-hybridized carbons (Fsp3) is 0.409. The molecular weight excluding hydrogens is 461 g/mol. The second kappa shape index (κ2) is 10.3. The number of rotatable bonds is 9. The summed E-state index contributed by atoms with van der Waals surface area (Å²) < 4.78 is 40.9. The van der Waals surface area contributed by atoms with Gasteiger partial charge in [-0.15, -0.1) is 24.5 Å². The number of halogens is 3. The zero-order valence-electron chi connectivity index (χ0n) is 17.8. The van der Waals surface area contributed by atoms with Gasteiger partial charge < -0.3 is 15.2 Å². The van der Waals surface area contributed by atoms with Gasteiger partial charge in [0.15, 0.2) is 5.78 Å². The standard InChI is InChI=1S/C22H23F3N2O5S/c1-2-15-12-16(19(29)13-5-7-14(8-6-13)32-22(23,24)25)20(33-15)26-18(28)9-11-27-10-3-4-17(27)21(30)31/h5-8,12,17H,2-4,9-11H2,1H3,(H,26,28)(H,30,31). The molecule has 2 aromatic rings. The van der Waals surface area contributed by atoms with E-state index in [1.807, 2.05) is 6.92 Å². The Morgan fingerprint density at radius 3 is 2.55 bits per heavy atom. The highest BCUT2D eigenvalue weighted by Gasteiger charge is 2.32. The molecule has 0 radical (unpaired) electrons. The van der Waals surface area contributed by atoms with Crippen LogP contribution in [0.4, 0.5) is 18.2 Å². The first-order valence-corrected chi connectivity index (χ1v) is 11.2. The summed E-state index contributed by atoms with van der Waals surface area (Å²) in [5.74, 6) is -2.13. The number of benzene rings is 1. The number of anilines is 1. The molecule has 1 aromatic carbocycles. The number of aliphatic carboxylic acids is 1. The van der Waals surface area contributed by atoms with Crippen LogP contribution in [0, 0.1) is 0 Å². The molecular formula is C22H23F3N2O5S. The van der Waals surface area contributed by atoms with Crippen LogP contribution in [0.25, 0.3) is 0 Å². The molecule has 2 N–H and O–H groups in total. The number of ether oxygens (including phenoxy) is 1. The van der Waals surface area contributed by atoms with Crippen molar-refractivity contribution in [3.8, 4) is 5.75 Å². The van der Waals surface area contributed by atoms with Crippen molar-refractivity contribution in [1.29, 1.82) is 0 Å². The highest BCUT2D eigenvalue weighted by atomic mass is 32.1. The third-order valence-corrected chi connectivity index (χ3v) is 6.45. The fourth-order valence-corrected chi connectivity index (χ4v) is 4.66. The van der Waals surface area contributed by atoms with Gasteiger partial charge in [-0.25, -0.2) is 0 Å². The monoisotopic (exact) mass is 484 g/mol. The van der Waals surface area contributed by atoms with Gasteiger partial charge in [-0.2, -0.15) is 0 Å². The van der Waals surface area contributed by atoms with E-state index in [0.29, 0.717) is 30.9 Å². The van der Waals surface area contributed by atoms with Gasteiger partial charge in [0.05, 0.1) is 5.56 Å². The van der Waals surface area contributed by atoms with E-state index in [1.54, 1.807) is 11.0 Å². The third-order valence-electron chi connectivity index (χ3n) is 5.25. The molecule has 1 aliphatic rings. The van der Waals surface area contributed by atoms with E-state index in [9.17, 15) is 32.7 Å². The number of thiophene rings is 1. The molecule has 2 heterocycles. The lowest BCUT2D eigenvalue weighted by Crippen LogP contribution is -2.37. The molecule has 1 saturated heterocycles. The second-order valence-electron chi connectivity index (χ2n) is 7.54. The van der Waals surface area contributed by atoms with Gasteiger partial charge in [0, 0.05) is 23.4 Å². The Labute approximate surface area is 192 Å². The number of carbonyl (C=O) groups excluding carboxylic acids is 2. The molecule has 1 amide bonds. The van der Waals surface area contributed by atoms with E-state index in [-0.39, 0.29) is 23.5 Å². The van der Waals surface area contributed by atoms with Crippen molar-refractivity contribution in [1.82, 2.24) is 4.90 Å². The number of carboxylic acid groups (broad SMARTS) is 1. The minimum absolute atomic E-state index is 0.0697. The van der Waals surface area contributed by atoms with E-state index in [0.717, 1.165) is 23.4 Å². The molecule has 11 heteroatoms. The van der Waals surface area contributed by atoms with Gasteiger partial charge in [0.1, 0.15) is 16.8 Å². The normalized spacial score (nSPS) is 16.5. The number of alkyl halides is 3. The third kappa shape index (κ3) is 6.55. The predicted octanol–water partition coefficient (Wildman–Crippen LogP) is 4.32. The lowest BCUT2D eigenvalue weighted by atomic mass is 10.0. The largest absolute Gasteiger partial charge is 0.573 e. The smallest absolute Gasteiger partial charge is 0.480 e. The molecule has 0 bridgehead atoms. The highest BCUT2D eigenvalue weighted by molar-refractivity contribution is 7.16. The van der Waals surface area contributed by atoms with Crippen molar-refractivity contribution in [2.45, 2.75) is 45.0 Å². The van der Waals surface area contributed by atoms with Crippen LogP contribution < -0.4 is 10.1 Å². The van der Waals surface area contributed by atoms with Crippen molar-refractivity contribution >= 4 is 34.0 Å². The molecule has 1 fully saturated rings. The molecule has 1 aliphatic heterocycles. The lowest BCUT2D eigenvalue weighted by Gasteiger charge is -2.20. The number of ketones is 1. The number of likely N-dealkylation sites (tertiary alicyclic amines) is 1. The summed E-state index contributed by atoms with van der Waals surface area (Å²) in [6, 6.07) is 5.65. The molecule has 178 valence electrons. The first-order chi connectivity index (χ1) is 15.6. The van der Waals surface area contributed by atoms with Crippen molar-refractivity contribution in [3.63, 3.8) is 0 Å². The van der Waals surface area contributed by atoms with E-state index >= 15 is 0 Å². The minimum Gasteiger partial charge on any atom is -0.480 e. The minimum atomic E-state index is -4.83. The molecule has 0 aliphatic carbocycles. The van der Waals surface area contributed by atoms with Gasteiger partial charge in [-0.3, -0.25) is 19.3 Å². The summed E-state index contributed by atoms with van der Waals surface area (Å²) >= 11 is 1.25. The molecule has 33 heavy (non-hydrogen) atoms. The lowest BCUT2D eigenvalue weighted by molar-refractivity contribution is -0.274. The summed E-state index contributed by atoms with van der Waals surface area (Å²) in [7, 11) is 0. The number of carbonyl (C=O) groups is 3. The van der Waals surface area contributed by atoms with Gasteiger partial charge in [-0.1, -0.05) is 6.92 Å². The van der Waals surface area contributed by atoms with Crippen LogP contribution in [-0.2, 0) is 16.0 Å². The Hall–Kier alpha value is -2.92. The fourth-order valence-electron chi connectivity index (χ4n) is 3.65. The number of amides is 1. The van der Waals surface area contributed by atoms with E-state index in [4.69, 9.17) is 0 Å². The zero-order chi connectivity index (χ0) is 24.2. The summed E-state index contributed by atoms with van der Waals surface area (Å²) in [6.07, 6.45) is -2.82. The SMILES string of the molecule is CCc1cc(C(=O)c2ccc(OC(F)(F)F)cc2)c(NC(=O)CCN2CCCC2C(=O)O)s1. The first-order valence-electron chi connectivity index (χ1n) is 10.4. The van der Waals surface area contributed by atoms with E-state index in [2.05, 4.69) is 10.1 Å². The Morgan fingerprint density at radius 1 is 1.24 bits per heavy atom. The van der Waals surface area contributed by atoms with Gasteiger partial charge >= 0.3 is 12.3 Å². The van der Waals surface area contributed by atoms with Crippen LogP contribution >= 0.6 is 11.3 Å². The van der Waals surface area contributed by atoms with Gasteiger partial charge in [0.2, 0.25) is 5.91 Å². The van der Waals surface area contributed by atoms with Crippen LogP contribution in [-0.4, -0.2) is 53.2 Å². The molecule has 3 rings (SSSR count). The Kier molecular flexibility index (Phi) is 7.75. The number of nitrogens with one attached hydrogen (secondary N) is 1. The number of hydrogen-bond acceptors (Lipinski definition) is 6. The maximum atomic E-state index is 13.0. The number of hydrogen-bond donors (Lipinski definition) is 2. The quantitative estimate of drug-likeness (QED) is 0.515. The second-order valence-corrected chi connectivity index (χ2v) is 8.68. The topological polar surface area (TPSA) is 95.9 Å². The molecule has 1 aromatic heterocycles. The van der Waals surface area contributed by atoms with Crippen LogP contribution in [0.3, 0.4) is 0 Å². The summed E-state index contributed by atoms with van der Waals surface area (Å²) in [4.78, 5) is 39.4. The summed E-state index contributed by atoms with van der Waals surface area (Å²) in [5, 5.41) is 12.3. The van der Waals surface area contributed by atoms with Crippen molar-refractivity contribution < 1.29 is 37.4 Å². The van der Waals surface area contributed by atoms with E-state index in [1.165, 1.54) is 23.5 Å². The van der Waals surface area contributed by atoms with Gasteiger partial charge in [-0.05, 0) is 56.1 Å². The average Bonchev–Trinajstić information content (AvgIpc) is 3.38. The van der Waals surface area contributed by atoms with Crippen molar-refractivity contribution in [3.05, 3.63) is 46.3 Å². The molecule has 0 saturated carbocycles. The van der Waals surface area contributed by atoms with Crippen molar-refractivity contribution in [2.75, 3.05) is 18.4 Å². The molecule has 1 unspecified atom stereocenters. The van der Waals surface area contributed by atoms with Crippen LogP contribution in [0.5, 0.6) is 5.75 Å². The Morgan fingerprint density at radius 2 is 1.94 bits per heavy atom. The Balaban J connectivity index is 1.69. The average molecular weight is 484 g/mol. The number of carboxylic acids is 1. The molecule has 0 spiro atoms. The van der Waals surface area contributed by atoms with Crippen LogP contribution in [0.1, 0.15) is 47.0 Å². The van der Waals surface area contributed by atoms with Crippen LogP contribution in [0.15, 0.2) is 30.3 Å². The van der Waals surface area contributed by atoms with Crippen LogP contribution in [0.2, 0.25) is 0 Å². The summed E-state index contributed by atoms with van der Waals surface area (Å²) in [6.45, 7) is 2.80. The first kappa shape index (κ1) is 24.7. The maximum Gasteiger partial charge on any atom is 0.573 e. The van der Waals surface area contributed by atoms with Gasteiger partial charge in [0.25, 0.3) is 0 Å². The van der Waals surface area contributed by atoms with Crippen molar-refractivity contribution in [2.24, 2.45) is 0 Å². The molecule has 7 nitrogen and oxygen atoms in total. The maximum absolute atomic E-state index is 13.0. The van der Waals surface area contributed by atoms with E-state index < -0.39 is 29.9 Å². The summed E-state index contributed by atoms with van der Waals surface area (Å²) in [5.41, 5.74) is 0.404. The highest BCUT2D eigenvalue weighted by Crippen LogP contribution is 2.31. The molecule has 1 atom stereocenters. The number of aryl methyl sites for hydroxylation is 1. The zero-order valence-corrected chi connectivity index (χ0v) is 18.6.